The van der Waals surface area contributed by atoms with Gasteiger partial charge in [-0.15, -0.1) is 4.99 Å². The lowest BCUT2D eigenvalue weighted by Gasteiger charge is -2.44. The Morgan fingerprint density at radius 1 is 0.973 bits per heavy atom. The monoisotopic (exact) mass is 506 g/mol. The molecule has 2 atom stereocenters. The summed E-state index contributed by atoms with van der Waals surface area (Å²) in [7, 11) is 0. The van der Waals surface area contributed by atoms with Gasteiger partial charge >= 0.3 is 0 Å². The molecule has 3 fully saturated rings. The van der Waals surface area contributed by atoms with E-state index in [1.54, 1.807) is 11.5 Å². The van der Waals surface area contributed by atoms with Gasteiger partial charge in [-0.25, -0.2) is 5.48 Å². The normalized spacial score (nSPS) is 22.8. The molecule has 37 heavy (non-hydrogen) atoms. The fourth-order valence-corrected chi connectivity index (χ4v) is 5.74. The standard InChI is InChI=1S/C26H34N8O3/c1-19-15-20(16-27)5-6-23(19)31-11-13-32(14-12-31)25(36)21-7-10-34(17-22(21)24(35)30-37)26(29-18-28)33-8-3-2-4-9-33/h5-6,15,21-22,37H,2-4,7-14,17H2,1H3,(H,30,35)/b29-26+/t21-,22-/m0/s1. The Labute approximate surface area is 217 Å². The van der Waals surface area contributed by atoms with E-state index in [1.165, 1.54) is 0 Å². The number of amides is 2. The highest BCUT2D eigenvalue weighted by Crippen LogP contribution is 2.29. The van der Waals surface area contributed by atoms with Gasteiger partial charge in [0.15, 0.2) is 0 Å². The van der Waals surface area contributed by atoms with Crippen LogP contribution < -0.4 is 10.4 Å². The molecule has 3 aliphatic rings. The van der Waals surface area contributed by atoms with Gasteiger partial charge in [-0.05, 0) is 56.4 Å². The second-order valence-electron chi connectivity index (χ2n) is 9.91. The summed E-state index contributed by atoms with van der Waals surface area (Å²) in [5.74, 6) is -1.43. The minimum Gasteiger partial charge on any atom is -0.368 e. The second-order valence-corrected chi connectivity index (χ2v) is 9.91. The molecular formula is C26H34N8O3. The maximum absolute atomic E-state index is 13.6. The number of nitriles is 2. The van der Waals surface area contributed by atoms with Crippen molar-refractivity contribution in [3.63, 3.8) is 0 Å². The van der Waals surface area contributed by atoms with E-state index in [0.29, 0.717) is 50.7 Å². The smallest absolute Gasteiger partial charge is 0.249 e. The van der Waals surface area contributed by atoms with Crippen LogP contribution in [0.3, 0.4) is 0 Å². The Bertz CT molecular complexity index is 1110. The van der Waals surface area contributed by atoms with E-state index >= 15 is 0 Å². The zero-order valence-electron chi connectivity index (χ0n) is 21.3. The largest absolute Gasteiger partial charge is 0.368 e. The number of hydrogen-bond acceptors (Lipinski definition) is 7. The highest BCUT2D eigenvalue weighted by atomic mass is 16.5. The molecule has 3 saturated heterocycles. The molecule has 0 saturated carbocycles. The predicted molar refractivity (Wildman–Crippen MR) is 136 cm³/mol. The van der Waals surface area contributed by atoms with E-state index in [9.17, 15) is 20.1 Å². The summed E-state index contributed by atoms with van der Waals surface area (Å²) < 4.78 is 0. The summed E-state index contributed by atoms with van der Waals surface area (Å²) in [5.41, 5.74) is 4.45. The molecule has 0 bridgehead atoms. The maximum atomic E-state index is 13.6. The lowest BCUT2D eigenvalue weighted by molar-refractivity contribution is -0.147. The average Bonchev–Trinajstić information content (AvgIpc) is 2.95. The van der Waals surface area contributed by atoms with Gasteiger partial charge in [0, 0.05) is 58.0 Å². The second kappa shape index (κ2) is 11.9. The molecule has 2 N–H and O–H groups in total. The number of piperidine rings is 2. The summed E-state index contributed by atoms with van der Waals surface area (Å²) >= 11 is 0. The minimum atomic E-state index is -0.751. The van der Waals surface area contributed by atoms with Gasteiger partial charge in [-0.3, -0.25) is 14.8 Å². The fraction of sp³-hybridized carbons (Fsp3) is 0.577. The number of carbonyl (C=O) groups is 2. The van der Waals surface area contributed by atoms with Gasteiger partial charge in [-0.2, -0.15) is 10.5 Å². The van der Waals surface area contributed by atoms with Gasteiger partial charge in [0.1, 0.15) is 0 Å². The number of aliphatic imine (C=N–C) groups is 1. The van der Waals surface area contributed by atoms with Crippen LogP contribution in [0.5, 0.6) is 0 Å². The Balaban J connectivity index is 1.43. The van der Waals surface area contributed by atoms with Gasteiger partial charge in [0.2, 0.25) is 24.0 Å². The zero-order valence-corrected chi connectivity index (χ0v) is 21.3. The summed E-state index contributed by atoms with van der Waals surface area (Å²) in [4.78, 5) is 38.3. The van der Waals surface area contributed by atoms with E-state index in [1.807, 2.05) is 35.0 Å². The number of piperazine rings is 1. The molecule has 0 aromatic heterocycles. The lowest BCUT2D eigenvalue weighted by atomic mass is 9.83. The fourth-order valence-electron chi connectivity index (χ4n) is 5.74. The van der Waals surface area contributed by atoms with Crippen LogP contribution in [0.2, 0.25) is 0 Å². The van der Waals surface area contributed by atoms with Crippen molar-refractivity contribution in [2.45, 2.75) is 32.6 Å². The first-order valence-corrected chi connectivity index (χ1v) is 12.9. The molecule has 196 valence electrons. The van der Waals surface area contributed by atoms with Crippen molar-refractivity contribution in [1.82, 2.24) is 20.2 Å². The van der Waals surface area contributed by atoms with Crippen LogP contribution in [0.1, 0.15) is 36.8 Å². The van der Waals surface area contributed by atoms with E-state index < -0.39 is 17.7 Å². The van der Waals surface area contributed by atoms with E-state index in [2.05, 4.69) is 20.9 Å². The third kappa shape index (κ3) is 5.78. The molecule has 1 aromatic carbocycles. The molecule has 2 amide bonds. The molecule has 3 heterocycles. The third-order valence-electron chi connectivity index (χ3n) is 7.71. The Hall–Kier alpha value is -3.83. The summed E-state index contributed by atoms with van der Waals surface area (Å²) in [6.45, 7) is 6.68. The SMILES string of the molecule is Cc1cc(C#N)ccc1N1CCN(C(=O)[C@H]2CCN(/C(=N/C#N)N3CCCCC3)C[C@@H]2C(=O)NO)CC1. The summed E-state index contributed by atoms with van der Waals surface area (Å²) in [5, 5.41) is 27.8. The quantitative estimate of drug-likeness (QED) is 0.206. The number of likely N-dealkylation sites (tertiary alicyclic amines) is 2. The molecule has 0 spiro atoms. The highest BCUT2D eigenvalue weighted by molar-refractivity contribution is 5.89. The zero-order chi connectivity index (χ0) is 26.4. The Morgan fingerprint density at radius 3 is 2.32 bits per heavy atom. The molecular weight excluding hydrogens is 472 g/mol. The lowest BCUT2D eigenvalue weighted by Crippen LogP contribution is -2.58. The summed E-state index contributed by atoms with van der Waals surface area (Å²) in [6, 6.07) is 7.78. The molecule has 11 nitrogen and oxygen atoms in total. The van der Waals surface area contributed by atoms with E-state index in [0.717, 1.165) is 43.6 Å². The van der Waals surface area contributed by atoms with Crippen molar-refractivity contribution in [3.05, 3.63) is 29.3 Å². The highest BCUT2D eigenvalue weighted by Gasteiger charge is 2.42. The topological polar surface area (TPSA) is 139 Å². The first-order chi connectivity index (χ1) is 18.0. The molecule has 0 aliphatic carbocycles. The van der Waals surface area contributed by atoms with Crippen LogP contribution in [0.4, 0.5) is 5.69 Å². The van der Waals surface area contributed by atoms with Crippen molar-refractivity contribution in [3.8, 4) is 12.3 Å². The van der Waals surface area contributed by atoms with Crippen LogP contribution in [0.25, 0.3) is 0 Å². The molecule has 1 aromatic rings. The number of benzene rings is 1. The number of hydroxylamine groups is 1. The predicted octanol–water partition coefficient (Wildman–Crippen LogP) is 1.28. The molecule has 0 radical (unpaired) electrons. The van der Waals surface area contributed by atoms with Crippen molar-refractivity contribution < 1.29 is 14.8 Å². The number of aryl methyl sites for hydroxylation is 1. The third-order valence-corrected chi connectivity index (χ3v) is 7.71. The molecule has 4 rings (SSSR count). The van der Waals surface area contributed by atoms with Gasteiger partial charge in [-0.1, -0.05) is 0 Å². The number of carbonyl (C=O) groups excluding carboxylic acids is 2. The Kier molecular flexibility index (Phi) is 8.47. The summed E-state index contributed by atoms with van der Waals surface area (Å²) in [6.07, 6.45) is 5.51. The van der Waals surface area contributed by atoms with Crippen LogP contribution >= 0.6 is 0 Å². The van der Waals surface area contributed by atoms with Crippen molar-refractivity contribution in [1.29, 1.82) is 10.5 Å². The van der Waals surface area contributed by atoms with E-state index in [4.69, 9.17) is 5.26 Å². The number of hydrogen-bond donors (Lipinski definition) is 2. The van der Waals surface area contributed by atoms with Crippen molar-refractivity contribution in [2.75, 3.05) is 57.3 Å². The van der Waals surface area contributed by atoms with Crippen LogP contribution in [0, 0.1) is 41.5 Å². The van der Waals surface area contributed by atoms with Crippen LogP contribution in [-0.4, -0.2) is 90.0 Å². The van der Waals surface area contributed by atoms with Crippen molar-refractivity contribution >= 4 is 23.5 Å². The Morgan fingerprint density at radius 2 is 1.70 bits per heavy atom. The average molecular weight is 507 g/mol. The number of nitrogens with one attached hydrogen (secondary N) is 1. The van der Waals surface area contributed by atoms with Gasteiger partial charge in [0.25, 0.3) is 0 Å². The number of guanidine groups is 1. The number of nitrogens with zero attached hydrogens (tertiary/aromatic N) is 7. The molecule has 0 unspecified atom stereocenters. The minimum absolute atomic E-state index is 0.0822. The number of rotatable bonds is 3. The first-order valence-electron chi connectivity index (χ1n) is 12.9. The number of anilines is 1. The molecule has 3 aliphatic heterocycles. The van der Waals surface area contributed by atoms with E-state index in [-0.39, 0.29) is 12.5 Å². The molecule has 11 heteroatoms. The van der Waals surface area contributed by atoms with Gasteiger partial charge < -0.3 is 19.6 Å². The maximum Gasteiger partial charge on any atom is 0.249 e. The van der Waals surface area contributed by atoms with Crippen LogP contribution in [0.15, 0.2) is 23.2 Å². The first kappa shape index (κ1) is 26.2. The van der Waals surface area contributed by atoms with Gasteiger partial charge in [0.05, 0.1) is 23.5 Å². The van der Waals surface area contributed by atoms with Crippen LogP contribution in [-0.2, 0) is 9.59 Å². The van der Waals surface area contributed by atoms with Crippen molar-refractivity contribution in [2.24, 2.45) is 16.8 Å².